The highest BCUT2D eigenvalue weighted by atomic mass is 35.5. The zero-order valence-corrected chi connectivity index (χ0v) is 7.60. The summed E-state index contributed by atoms with van der Waals surface area (Å²) < 4.78 is 0. The molecule has 1 aromatic heterocycles. The molecule has 0 atom stereocenters. The van der Waals surface area contributed by atoms with Crippen LogP contribution in [0.2, 0.25) is 10.3 Å². The molecule has 5 heteroatoms. The minimum atomic E-state index is -0.795. The van der Waals surface area contributed by atoms with E-state index >= 15 is 0 Å². The molecular formula is C7H6Cl2N2O. The summed E-state index contributed by atoms with van der Waals surface area (Å²) in [5.41, 5.74) is -0.208. The van der Waals surface area contributed by atoms with Gasteiger partial charge in [-0.15, -0.1) is 10.2 Å². The third-order valence-corrected chi connectivity index (χ3v) is 2.41. The zero-order chi connectivity index (χ0) is 8.77. The Hall–Kier alpha value is -0.380. The molecule has 0 unspecified atom stereocenters. The van der Waals surface area contributed by atoms with Crippen LogP contribution in [0, 0.1) is 0 Å². The minimum Gasteiger partial charge on any atom is -0.385 e. The molecule has 0 aromatic carbocycles. The van der Waals surface area contributed by atoms with E-state index in [1.807, 2.05) is 0 Å². The van der Waals surface area contributed by atoms with Gasteiger partial charge >= 0.3 is 0 Å². The quantitative estimate of drug-likeness (QED) is 0.759. The summed E-state index contributed by atoms with van der Waals surface area (Å²) in [5, 5.41) is 17.4. The van der Waals surface area contributed by atoms with Crippen molar-refractivity contribution in [1.82, 2.24) is 10.2 Å². The molecule has 1 saturated carbocycles. The van der Waals surface area contributed by atoms with Gasteiger partial charge in [-0.25, -0.2) is 0 Å². The van der Waals surface area contributed by atoms with Gasteiger partial charge in [0, 0.05) is 5.56 Å². The average molecular weight is 205 g/mol. The fourth-order valence-corrected chi connectivity index (χ4v) is 1.48. The lowest BCUT2D eigenvalue weighted by Gasteiger charge is -2.08. The Morgan fingerprint density at radius 2 is 2.00 bits per heavy atom. The lowest BCUT2D eigenvalue weighted by atomic mass is 10.1. The monoisotopic (exact) mass is 204 g/mol. The Labute approximate surface area is 79.3 Å². The molecule has 1 aliphatic rings. The van der Waals surface area contributed by atoms with Crippen LogP contribution in [0.3, 0.4) is 0 Å². The molecule has 1 fully saturated rings. The average Bonchev–Trinajstić information content (AvgIpc) is 2.75. The second kappa shape index (κ2) is 2.55. The smallest absolute Gasteiger partial charge is 0.157 e. The van der Waals surface area contributed by atoms with E-state index < -0.39 is 5.60 Å². The van der Waals surface area contributed by atoms with Gasteiger partial charge in [0.2, 0.25) is 0 Å². The highest BCUT2D eigenvalue weighted by Gasteiger charge is 2.44. The third-order valence-electron chi connectivity index (χ3n) is 1.94. The zero-order valence-electron chi connectivity index (χ0n) is 6.09. The molecule has 0 spiro atoms. The van der Waals surface area contributed by atoms with E-state index in [1.54, 1.807) is 6.07 Å². The second-order valence-electron chi connectivity index (χ2n) is 2.90. The summed E-state index contributed by atoms with van der Waals surface area (Å²) in [6.07, 6.45) is 1.43. The van der Waals surface area contributed by atoms with Crippen LogP contribution in [0.1, 0.15) is 18.4 Å². The molecule has 0 saturated heterocycles. The van der Waals surface area contributed by atoms with Crippen LogP contribution in [0.15, 0.2) is 6.07 Å². The van der Waals surface area contributed by atoms with Crippen LogP contribution in [-0.2, 0) is 5.60 Å². The number of halogens is 2. The Bertz CT molecular complexity index is 325. The van der Waals surface area contributed by atoms with E-state index in [2.05, 4.69) is 10.2 Å². The largest absolute Gasteiger partial charge is 0.385 e. The van der Waals surface area contributed by atoms with E-state index in [0.29, 0.717) is 5.56 Å². The highest BCUT2D eigenvalue weighted by molar-refractivity contribution is 6.31. The molecule has 1 aliphatic carbocycles. The molecule has 0 radical (unpaired) electrons. The summed E-state index contributed by atoms with van der Waals surface area (Å²) in [7, 11) is 0. The van der Waals surface area contributed by atoms with Gasteiger partial charge in [-0.2, -0.15) is 0 Å². The van der Waals surface area contributed by atoms with Crippen LogP contribution in [0.4, 0.5) is 0 Å². The van der Waals surface area contributed by atoms with Gasteiger partial charge in [0.15, 0.2) is 10.3 Å². The van der Waals surface area contributed by atoms with E-state index in [9.17, 15) is 5.11 Å². The first-order valence-electron chi connectivity index (χ1n) is 3.53. The summed E-state index contributed by atoms with van der Waals surface area (Å²) in [4.78, 5) is 0. The van der Waals surface area contributed by atoms with Crippen LogP contribution in [-0.4, -0.2) is 15.3 Å². The molecule has 12 heavy (non-hydrogen) atoms. The number of aliphatic hydroxyl groups is 1. The topological polar surface area (TPSA) is 46.0 Å². The first-order chi connectivity index (χ1) is 5.62. The van der Waals surface area contributed by atoms with Crippen molar-refractivity contribution < 1.29 is 5.11 Å². The van der Waals surface area contributed by atoms with Gasteiger partial charge in [-0.1, -0.05) is 23.2 Å². The van der Waals surface area contributed by atoms with Crippen molar-refractivity contribution >= 4 is 23.2 Å². The molecule has 0 aliphatic heterocycles. The minimum absolute atomic E-state index is 0.236. The van der Waals surface area contributed by atoms with E-state index in [-0.39, 0.29) is 10.3 Å². The summed E-state index contributed by atoms with van der Waals surface area (Å²) in [6, 6.07) is 1.56. The third kappa shape index (κ3) is 1.28. The summed E-state index contributed by atoms with van der Waals surface area (Å²) >= 11 is 11.3. The van der Waals surface area contributed by atoms with E-state index in [1.165, 1.54) is 0 Å². The van der Waals surface area contributed by atoms with Gasteiger partial charge in [0.05, 0.1) is 5.60 Å². The number of hydrogen-bond donors (Lipinski definition) is 1. The van der Waals surface area contributed by atoms with Gasteiger partial charge in [-0.3, -0.25) is 0 Å². The van der Waals surface area contributed by atoms with Crippen molar-refractivity contribution in [2.75, 3.05) is 0 Å². The van der Waals surface area contributed by atoms with Crippen molar-refractivity contribution in [2.45, 2.75) is 18.4 Å². The highest BCUT2D eigenvalue weighted by Crippen LogP contribution is 2.47. The number of rotatable bonds is 1. The SMILES string of the molecule is OC1(c2cc(Cl)nnc2Cl)CC1. The number of aromatic nitrogens is 2. The molecule has 64 valence electrons. The van der Waals surface area contributed by atoms with Crippen molar-refractivity contribution in [3.63, 3.8) is 0 Å². The number of nitrogens with zero attached hydrogens (tertiary/aromatic N) is 2. The Balaban J connectivity index is 2.48. The maximum absolute atomic E-state index is 9.69. The molecule has 1 heterocycles. The van der Waals surface area contributed by atoms with Crippen molar-refractivity contribution in [3.8, 4) is 0 Å². The van der Waals surface area contributed by atoms with Crippen LogP contribution in [0.25, 0.3) is 0 Å². The number of hydrogen-bond acceptors (Lipinski definition) is 3. The molecule has 0 amide bonds. The molecule has 1 aromatic rings. The van der Waals surface area contributed by atoms with Crippen molar-refractivity contribution in [1.29, 1.82) is 0 Å². The Morgan fingerprint density at radius 1 is 1.33 bits per heavy atom. The van der Waals surface area contributed by atoms with Crippen molar-refractivity contribution in [3.05, 3.63) is 21.9 Å². The predicted molar refractivity (Wildman–Crippen MR) is 45.2 cm³/mol. The van der Waals surface area contributed by atoms with Crippen LogP contribution in [0.5, 0.6) is 0 Å². The maximum atomic E-state index is 9.69. The summed E-state index contributed by atoms with van der Waals surface area (Å²) in [5.74, 6) is 0. The molecule has 3 nitrogen and oxygen atoms in total. The fraction of sp³-hybridized carbons (Fsp3) is 0.429. The van der Waals surface area contributed by atoms with Gasteiger partial charge in [0.1, 0.15) is 0 Å². The summed E-state index contributed by atoms with van der Waals surface area (Å²) in [6.45, 7) is 0. The molecule has 2 rings (SSSR count). The molecule has 0 bridgehead atoms. The van der Waals surface area contributed by atoms with Gasteiger partial charge < -0.3 is 5.11 Å². The van der Waals surface area contributed by atoms with E-state index in [0.717, 1.165) is 12.8 Å². The lowest BCUT2D eigenvalue weighted by Crippen LogP contribution is -2.06. The molecular weight excluding hydrogens is 199 g/mol. The lowest BCUT2D eigenvalue weighted by molar-refractivity contribution is 0.151. The van der Waals surface area contributed by atoms with Gasteiger partial charge in [0.25, 0.3) is 0 Å². The first-order valence-corrected chi connectivity index (χ1v) is 4.29. The predicted octanol–water partition coefficient (Wildman–Crippen LogP) is 1.76. The van der Waals surface area contributed by atoms with Gasteiger partial charge in [-0.05, 0) is 18.9 Å². The van der Waals surface area contributed by atoms with Crippen LogP contribution < -0.4 is 0 Å². The normalized spacial score (nSPS) is 19.2. The van der Waals surface area contributed by atoms with Crippen LogP contribution >= 0.6 is 23.2 Å². The molecule has 1 N–H and O–H groups in total. The first kappa shape index (κ1) is 8.23. The standard InChI is InChI=1S/C7H6Cl2N2O/c8-5-3-4(6(9)11-10-5)7(12)1-2-7/h3,12H,1-2H2. The fourth-order valence-electron chi connectivity index (χ4n) is 1.07. The van der Waals surface area contributed by atoms with E-state index in [4.69, 9.17) is 23.2 Å². The second-order valence-corrected chi connectivity index (χ2v) is 3.65. The Morgan fingerprint density at radius 3 is 2.58 bits per heavy atom. The van der Waals surface area contributed by atoms with Crippen molar-refractivity contribution in [2.24, 2.45) is 0 Å². The Kier molecular flexibility index (Phi) is 1.75. The maximum Gasteiger partial charge on any atom is 0.157 e.